The van der Waals surface area contributed by atoms with Crippen LogP contribution in [0.3, 0.4) is 0 Å². The van der Waals surface area contributed by atoms with E-state index in [4.69, 9.17) is 0 Å². The Bertz CT molecular complexity index is 639. The van der Waals surface area contributed by atoms with E-state index in [1.807, 2.05) is 6.07 Å². The van der Waals surface area contributed by atoms with Crippen LogP contribution in [-0.4, -0.2) is 17.1 Å². The van der Waals surface area contributed by atoms with Crippen LogP contribution in [0.1, 0.15) is 15.9 Å². The minimum atomic E-state index is -1.07. The van der Waals surface area contributed by atoms with E-state index >= 15 is 0 Å². The third-order valence-electron chi connectivity index (χ3n) is 2.77. The molecule has 0 radical (unpaired) electrons. The van der Waals surface area contributed by atoms with Crippen LogP contribution in [-0.2, 0) is 0 Å². The summed E-state index contributed by atoms with van der Waals surface area (Å²) in [5.74, 6) is -1.07. The molecule has 102 valence electrons. The second kappa shape index (κ2) is 5.88. The molecule has 5 nitrogen and oxygen atoms in total. The van der Waals surface area contributed by atoms with E-state index in [9.17, 15) is 14.7 Å². The van der Waals surface area contributed by atoms with Crippen LogP contribution >= 0.6 is 0 Å². The Balaban J connectivity index is 2.16. The summed E-state index contributed by atoms with van der Waals surface area (Å²) in [6.45, 7) is 1.68. The van der Waals surface area contributed by atoms with Crippen LogP contribution in [0.15, 0.2) is 48.5 Å². The maximum atomic E-state index is 11.9. The largest absolute Gasteiger partial charge is 0.478 e. The summed E-state index contributed by atoms with van der Waals surface area (Å²) in [6.07, 6.45) is 0. The van der Waals surface area contributed by atoms with Crippen molar-refractivity contribution in [2.45, 2.75) is 6.92 Å². The van der Waals surface area contributed by atoms with E-state index in [0.29, 0.717) is 11.3 Å². The van der Waals surface area contributed by atoms with Gasteiger partial charge in [0.05, 0.1) is 11.3 Å². The van der Waals surface area contributed by atoms with Gasteiger partial charge < -0.3 is 15.7 Å². The molecule has 3 N–H and O–H groups in total. The van der Waals surface area contributed by atoms with Crippen molar-refractivity contribution >= 4 is 23.4 Å². The Hall–Kier alpha value is -2.82. The number of hydrogen-bond acceptors (Lipinski definition) is 2. The smallest absolute Gasteiger partial charge is 0.338 e. The quantitative estimate of drug-likeness (QED) is 0.800. The number of benzene rings is 2. The highest BCUT2D eigenvalue weighted by Crippen LogP contribution is 2.19. The number of para-hydroxylation sites is 1. The predicted molar refractivity (Wildman–Crippen MR) is 77.2 cm³/mol. The number of carbonyl (C=O) groups is 2. The number of aryl methyl sites for hydroxylation is 1. The number of aromatic carboxylic acids is 1. The SMILES string of the molecule is Cc1cccc(NC(=O)Nc2ccccc2)c1C(=O)O. The Labute approximate surface area is 116 Å². The summed E-state index contributed by atoms with van der Waals surface area (Å²) in [7, 11) is 0. The van der Waals surface area contributed by atoms with E-state index in [2.05, 4.69) is 10.6 Å². The number of carboxylic acid groups (broad SMARTS) is 1. The van der Waals surface area contributed by atoms with Gasteiger partial charge in [-0.1, -0.05) is 30.3 Å². The molecule has 0 bridgehead atoms. The van der Waals surface area contributed by atoms with Gasteiger partial charge in [-0.05, 0) is 30.7 Å². The summed E-state index contributed by atoms with van der Waals surface area (Å²) >= 11 is 0. The molecule has 2 aromatic carbocycles. The van der Waals surface area contributed by atoms with E-state index < -0.39 is 12.0 Å². The summed E-state index contributed by atoms with van der Waals surface area (Å²) < 4.78 is 0. The standard InChI is InChI=1S/C15H14N2O3/c1-10-6-5-9-12(13(10)14(18)19)17-15(20)16-11-7-3-2-4-8-11/h2-9H,1H3,(H,18,19)(H2,16,17,20). The van der Waals surface area contributed by atoms with Crippen LogP contribution in [0.2, 0.25) is 0 Å². The van der Waals surface area contributed by atoms with Gasteiger partial charge in [-0.15, -0.1) is 0 Å². The van der Waals surface area contributed by atoms with Crippen molar-refractivity contribution in [1.29, 1.82) is 0 Å². The second-order valence-corrected chi connectivity index (χ2v) is 4.25. The first-order valence-corrected chi connectivity index (χ1v) is 6.04. The van der Waals surface area contributed by atoms with Crippen molar-refractivity contribution in [2.75, 3.05) is 10.6 Å². The molecule has 0 aliphatic heterocycles. The molecule has 0 atom stereocenters. The molecule has 5 heteroatoms. The molecule has 2 aromatic rings. The molecule has 0 saturated heterocycles. The fourth-order valence-electron chi connectivity index (χ4n) is 1.86. The van der Waals surface area contributed by atoms with Gasteiger partial charge in [0, 0.05) is 5.69 Å². The molecule has 20 heavy (non-hydrogen) atoms. The molecule has 0 fully saturated rings. The molecule has 0 heterocycles. The van der Waals surface area contributed by atoms with Crippen molar-refractivity contribution in [3.05, 3.63) is 59.7 Å². The third kappa shape index (κ3) is 3.14. The van der Waals surface area contributed by atoms with Crippen molar-refractivity contribution < 1.29 is 14.7 Å². The van der Waals surface area contributed by atoms with Gasteiger partial charge in [0.1, 0.15) is 0 Å². The van der Waals surface area contributed by atoms with Crippen LogP contribution in [0.25, 0.3) is 0 Å². The summed E-state index contributed by atoms with van der Waals surface area (Å²) in [4.78, 5) is 23.1. The first-order valence-electron chi connectivity index (χ1n) is 6.04. The average Bonchev–Trinajstić information content (AvgIpc) is 2.39. The van der Waals surface area contributed by atoms with E-state index in [1.165, 1.54) is 0 Å². The molecular weight excluding hydrogens is 256 g/mol. The zero-order valence-electron chi connectivity index (χ0n) is 10.9. The number of anilines is 2. The maximum Gasteiger partial charge on any atom is 0.338 e. The minimum Gasteiger partial charge on any atom is -0.478 e. The van der Waals surface area contributed by atoms with Gasteiger partial charge in [0.25, 0.3) is 0 Å². The zero-order chi connectivity index (χ0) is 14.5. The lowest BCUT2D eigenvalue weighted by molar-refractivity contribution is 0.0697. The first-order chi connectivity index (χ1) is 9.58. The summed E-state index contributed by atoms with van der Waals surface area (Å²) in [5, 5.41) is 14.4. The summed E-state index contributed by atoms with van der Waals surface area (Å²) in [5.41, 5.74) is 1.59. The Morgan fingerprint density at radius 2 is 1.65 bits per heavy atom. The van der Waals surface area contributed by atoms with Crippen molar-refractivity contribution in [3.63, 3.8) is 0 Å². The number of amides is 2. The van der Waals surface area contributed by atoms with Gasteiger partial charge in [-0.2, -0.15) is 0 Å². The molecule has 2 rings (SSSR count). The van der Waals surface area contributed by atoms with Crippen LogP contribution < -0.4 is 10.6 Å². The van der Waals surface area contributed by atoms with Gasteiger partial charge in [0.15, 0.2) is 0 Å². The van der Waals surface area contributed by atoms with Crippen molar-refractivity contribution in [3.8, 4) is 0 Å². The number of carboxylic acids is 1. The topological polar surface area (TPSA) is 78.4 Å². The molecule has 0 saturated carbocycles. The van der Waals surface area contributed by atoms with E-state index in [0.717, 1.165) is 0 Å². The molecular formula is C15H14N2O3. The minimum absolute atomic E-state index is 0.0933. The van der Waals surface area contributed by atoms with Gasteiger partial charge in [-0.25, -0.2) is 9.59 Å². The van der Waals surface area contributed by atoms with Crippen LogP contribution in [0, 0.1) is 6.92 Å². The molecule has 0 aliphatic rings. The lowest BCUT2D eigenvalue weighted by atomic mass is 10.1. The normalized spacial score (nSPS) is 9.85. The summed E-state index contributed by atoms with van der Waals surface area (Å²) in [6, 6.07) is 13.4. The number of nitrogens with one attached hydrogen (secondary N) is 2. The van der Waals surface area contributed by atoms with Gasteiger partial charge >= 0.3 is 12.0 Å². The molecule has 2 amide bonds. The number of carbonyl (C=O) groups excluding carboxylic acids is 1. The molecule has 0 aliphatic carbocycles. The average molecular weight is 270 g/mol. The Kier molecular flexibility index (Phi) is 4.00. The Morgan fingerprint density at radius 1 is 0.950 bits per heavy atom. The van der Waals surface area contributed by atoms with Crippen LogP contribution in [0.4, 0.5) is 16.2 Å². The fraction of sp³-hybridized carbons (Fsp3) is 0.0667. The number of urea groups is 1. The van der Waals surface area contributed by atoms with Gasteiger partial charge in [0.2, 0.25) is 0 Å². The molecule has 0 spiro atoms. The van der Waals surface area contributed by atoms with Crippen molar-refractivity contribution in [2.24, 2.45) is 0 Å². The highest BCUT2D eigenvalue weighted by molar-refractivity contribution is 6.05. The van der Waals surface area contributed by atoms with Gasteiger partial charge in [-0.3, -0.25) is 0 Å². The number of hydrogen-bond donors (Lipinski definition) is 3. The maximum absolute atomic E-state index is 11.9. The Morgan fingerprint density at radius 3 is 2.30 bits per heavy atom. The van der Waals surface area contributed by atoms with Crippen molar-refractivity contribution in [1.82, 2.24) is 0 Å². The third-order valence-corrected chi connectivity index (χ3v) is 2.77. The fourth-order valence-corrected chi connectivity index (χ4v) is 1.86. The lowest BCUT2D eigenvalue weighted by Crippen LogP contribution is -2.21. The number of rotatable bonds is 3. The highest BCUT2D eigenvalue weighted by atomic mass is 16.4. The van der Waals surface area contributed by atoms with E-state index in [-0.39, 0.29) is 11.3 Å². The monoisotopic (exact) mass is 270 g/mol. The molecule has 0 aromatic heterocycles. The second-order valence-electron chi connectivity index (χ2n) is 4.25. The lowest BCUT2D eigenvalue weighted by Gasteiger charge is -2.11. The van der Waals surface area contributed by atoms with Crippen LogP contribution in [0.5, 0.6) is 0 Å². The zero-order valence-corrected chi connectivity index (χ0v) is 10.9. The first kappa shape index (κ1) is 13.6. The predicted octanol–water partition coefficient (Wildman–Crippen LogP) is 3.34. The molecule has 0 unspecified atom stereocenters. The highest BCUT2D eigenvalue weighted by Gasteiger charge is 2.14. The van der Waals surface area contributed by atoms with E-state index in [1.54, 1.807) is 49.4 Å².